The minimum atomic E-state index is -0.744. The maximum Gasteiger partial charge on any atom is 1.00 e. The largest absolute Gasteiger partial charge is 1.00 e. The molecule has 0 aliphatic rings. The summed E-state index contributed by atoms with van der Waals surface area (Å²) in [6, 6.07) is 8.17. The summed E-state index contributed by atoms with van der Waals surface area (Å²) >= 11 is 0. The van der Waals surface area contributed by atoms with Gasteiger partial charge in [0.2, 0.25) is 17.2 Å². The summed E-state index contributed by atoms with van der Waals surface area (Å²) in [5, 5.41) is 11.7. The number of rotatable bonds is 3. The molecule has 0 saturated heterocycles. The summed E-state index contributed by atoms with van der Waals surface area (Å²) in [5.41, 5.74) is 8.34. The first kappa shape index (κ1) is 18.9. The van der Waals surface area contributed by atoms with Crippen molar-refractivity contribution in [3.8, 4) is 6.07 Å². The molecule has 2 aromatic rings. The first-order valence-corrected chi connectivity index (χ1v) is 5.47. The van der Waals surface area contributed by atoms with Gasteiger partial charge in [0.05, 0.1) is 5.91 Å². The van der Waals surface area contributed by atoms with Crippen molar-refractivity contribution in [2.45, 2.75) is 0 Å². The predicted molar refractivity (Wildman–Crippen MR) is 68.9 cm³/mol. The molecule has 6 nitrogen and oxygen atoms in total. The van der Waals surface area contributed by atoms with Gasteiger partial charge >= 0.3 is 19.5 Å². The normalized spacial score (nSPS) is 8.80. The molecule has 1 aromatic heterocycles. The van der Waals surface area contributed by atoms with Gasteiger partial charge in [0.15, 0.2) is 0 Å². The molecule has 1 heterocycles. The molecular formula is C11H8N4O2PRu2. The fraction of sp³-hybridized carbons (Fsp3) is 0. The Hall–Kier alpha value is -1.13. The number of hydrogen-bond donors (Lipinski definition) is 1. The third-order valence-corrected chi connectivity index (χ3v) is 2.40. The van der Waals surface area contributed by atoms with Gasteiger partial charge in [-0.15, -0.1) is 0 Å². The Morgan fingerprint density at radius 2 is 2.00 bits per heavy atom. The Bertz CT molecular complexity index is 637. The van der Waals surface area contributed by atoms with Crippen molar-refractivity contribution in [3.05, 3.63) is 41.3 Å². The number of nitriles is 1. The van der Waals surface area contributed by atoms with Crippen LogP contribution in [-0.4, -0.2) is 10.9 Å². The molecule has 20 heavy (non-hydrogen) atoms. The summed E-state index contributed by atoms with van der Waals surface area (Å²) in [5.74, 6) is -0.501. The van der Waals surface area contributed by atoms with Crippen molar-refractivity contribution in [3.63, 3.8) is 0 Å². The summed E-state index contributed by atoms with van der Waals surface area (Å²) in [6.07, 6.45) is 0. The molecule has 2 rings (SSSR count). The van der Waals surface area contributed by atoms with Gasteiger partial charge in [-0.3, -0.25) is 0 Å². The molecule has 1 atom stereocenters. The van der Waals surface area contributed by atoms with Crippen LogP contribution < -0.4 is 10.9 Å². The molecular weight excluding hydrogens is 453 g/mol. The average molecular weight is 461 g/mol. The number of anilines is 2. The van der Waals surface area contributed by atoms with E-state index >= 15 is 0 Å². The van der Waals surface area contributed by atoms with E-state index in [2.05, 4.69) is 19.5 Å². The molecule has 1 unspecified atom stereocenters. The van der Waals surface area contributed by atoms with Crippen LogP contribution in [-0.2, 0) is 39.0 Å². The number of nitrogens with one attached hydrogen (secondary N) is 2. The summed E-state index contributed by atoms with van der Waals surface area (Å²) in [4.78, 5) is 14.7. The van der Waals surface area contributed by atoms with E-state index in [0.29, 0.717) is 16.9 Å². The van der Waals surface area contributed by atoms with Crippen LogP contribution in [0.2, 0.25) is 0 Å². The van der Waals surface area contributed by atoms with Gasteiger partial charge in [-0.05, 0) is 26.9 Å². The number of benzene rings is 1. The Morgan fingerprint density at radius 3 is 2.50 bits per heavy atom. The summed E-state index contributed by atoms with van der Waals surface area (Å²) in [6.45, 7) is 0. The number of nitrogens with zero attached hydrogens (tertiary/aromatic N) is 2. The molecule has 0 spiro atoms. The van der Waals surface area contributed by atoms with E-state index in [1.54, 1.807) is 12.1 Å². The van der Waals surface area contributed by atoms with Crippen molar-refractivity contribution in [2.24, 2.45) is 0 Å². The average Bonchev–Trinajstić information content (AvgIpc) is 2.70. The zero-order valence-electron chi connectivity index (χ0n) is 9.80. The predicted octanol–water partition coefficient (Wildman–Crippen LogP) is 1.98. The maximum atomic E-state index is 10.8. The van der Waals surface area contributed by atoms with E-state index in [1.807, 2.05) is 6.07 Å². The topological polar surface area (TPSA) is 103 Å². The second-order valence-corrected chi connectivity index (χ2v) is 3.87. The van der Waals surface area contributed by atoms with Crippen molar-refractivity contribution in [1.82, 2.24) is 4.98 Å². The van der Waals surface area contributed by atoms with Gasteiger partial charge in [0.1, 0.15) is 6.07 Å². The van der Waals surface area contributed by atoms with Gasteiger partial charge < -0.3 is 20.3 Å². The zero-order valence-corrected chi connectivity index (χ0v) is 14.4. The molecule has 0 fully saturated rings. The summed E-state index contributed by atoms with van der Waals surface area (Å²) in [7, 11) is 2.26. The second kappa shape index (κ2) is 8.22. The van der Waals surface area contributed by atoms with Crippen LogP contribution >= 0.6 is 9.24 Å². The van der Waals surface area contributed by atoms with E-state index in [-0.39, 0.29) is 50.5 Å². The van der Waals surface area contributed by atoms with Crippen LogP contribution in [0.25, 0.3) is 5.73 Å². The number of hydrogen-bond acceptors (Lipinski definition) is 5. The first-order valence-electron chi connectivity index (χ1n) is 4.89. The minimum Gasteiger partial charge on any atom is -0.664 e. The van der Waals surface area contributed by atoms with Crippen LogP contribution in [0, 0.1) is 11.3 Å². The van der Waals surface area contributed by atoms with E-state index in [0.717, 1.165) is 0 Å². The third-order valence-electron chi connectivity index (χ3n) is 2.15. The molecule has 2 N–H and O–H groups in total. The molecule has 0 bridgehead atoms. The minimum absolute atomic E-state index is 0. The van der Waals surface area contributed by atoms with Gasteiger partial charge in [-0.2, -0.15) is 10.2 Å². The smallest absolute Gasteiger partial charge is 0.664 e. The molecule has 1 aromatic carbocycles. The Balaban J connectivity index is 0.00000180. The molecule has 105 valence electrons. The first-order chi connectivity index (χ1) is 8.60. The van der Waals surface area contributed by atoms with Gasteiger partial charge in [-0.1, -0.05) is 12.1 Å². The maximum absolute atomic E-state index is 10.8. The number of oxazole rings is 1. The van der Waals surface area contributed by atoms with Gasteiger partial charge in [-0.25, -0.2) is 0 Å². The number of carbonyl (C=O) groups excluding carboxylic acids is 1. The monoisotopic (exact) mass is 463 g/mol. The van der Waals surface area contributed by atoms with Crippen LogP contribution in [0.3, 0.4) is 0 Å². The van der Waals surface area contributed by atoms with Gasteiger partial charge in [0, 0.05) is 25.2 Å². The molecule has 0 aliphatic carbocycles. The van der Waals surface area contributed by atoms with Gasteiger partial charge in [0.25, 0.3) is 0 Å². The number of amides is 1. The second-order valence-electron chi connectivity index (χ2n) is 3.37. The molecule has 9 heteroatoms. The van der Waals surface area contributed by atoms with Crippen LogP contribution in [0.5, 0.6) is 0 Å². The van der Waals surface area contributed by atoms with Crippen LogP contribution in [0.4, 0.5) is 11.6 Å². The van der Waals surface area contributed by atoms with Crippen molar-refractivity contribution in [1.29, 1.82) is 5.26 Å². The molecule has 0 saturated carbocycles. The number of carbonyl (C=O) groups is 1. The molecule has 1 amide bonds. The third kappa shape index (κ3) is 4.46. The van der Waals surface area contributed by atoms with E-state index in [1.165, 1.54) is 12.1 Å². The Morgan fingerprint density at radius 1 is 1.40 bits per heavy atom. The van der Waals surface area contributed by atoms with Crippen molar-refractivity contribution >= 4 is 32.4 Å². The zero-order chi connectivity index (χ0) is 13.1. The van der Waals surface area contributed by atoms with Crippen LogP contribution in [0.1, 0.15) is 16.1 Å². The molecule has 1 radical (unpaired) electrons. The fourth-order valence-electron chi connectivity index (χ4n) is 1.33. The summed E-state index contributed by atoms with van der Waals surface area (Å²) < 4.78 is 5.20. The quantitative estimate of drug-likeness (QED) is 0.556. The van der Waals surface area contributed by atoms with Crippen molar-refractivity contribution in [2.75, 3.05) is 5.32 Å². The standard InChI is InChI=1S/C11H9N4O2P.2Ru/c12-5-8-10(17-11(18)15-8)14-7-3-1-6(2-4-7)9(13)16;;/h1-4H,18H2,(H3,13,14,16);;/q;;+1/p-1. The van der Waals surface area contributed by atoms with E-state index in [4.69, 9.17) is 15.4 Å². The van der Waals surface area contributed by atoms with E-state index in [9.17, 15) is 4.79 Å². The Kier molecular flexibility index (Phi) is 7.75. The fourth-order valence-corrected chi connectivity index (χ4v) is 1.58. The SMILES string of the molecule is N#Cc1nc(P)oc1Nc1ccc(C([NH-])=O)cc1.[Ru+].[Ru]. The number of aromatic nitrogens is 1. The molecule has 0 aliphatic heterocycles. The van der Waals surface area contributed by atoms with E-state index < -0.39 is 5.91 Å². The van der Waals surface area contributed by atoms with Crippen LogP contribution in [0.15, 0.2) is 28.7 Å². The Labute approximate surface area is 143 Å². The van der Waals surface area contributed by atoms with Crippen molar-refractivity contribution < 1.29 is 48.2 Å².